The summed E-state index contributed by atoms with van der Waals surface area (Å²) < 4.78 is 1.99. The van der Waals surface area contributed by atoms with Gasteiger partial charge < -0.3 is 5.11 Å². The number of hydrogen-bond donors (Lipinski definition) is 2. The molecule has 0 unspecified atom stereocenters. The van der Waals surface area contributed by atoms with Gasteiger partial charge in [0, 0.05) is 16.2 Å². The molecule has 0 bridgehead atoms. The highest BCUT2D eigenvalue weighted by Gasteiger charge is 2.09. The van der Waals surface area contributed by atoms with Crippen LogP contribution in [0, 0.1) is 0 Å². The number of aromatic nitrogens is 2. The van der Waals surface area contributed by atoms with Crippen molar-refractivity contribution < 1.29 is 9.90 Å². The van der Waals surface area contributed by atoms with Gasteiger partial charge in [0.2, 0.25) is 0 Å². The summed E-state index contributed by atoms with van der Waals surface area (Å²) in [5.74, 6) is -1.02. The predicted molar refractivity (Wildman–Crippen MR) is 80.9 cm³/mol. The lowest BCUT2D eigenvalue weighted by Gasteiger charge is -2.09. The second kappa shape index (κ2) is 6.09. The van der Waals surface area contributed by atoms with Crippen molar-refractivity contribution in [2.45, 2.75) is 19.9 Å². The summed E-state index contributed by atoms with van der Waals surface area (Å²) in [5.41, 5.74) is 0.559. The monoisotopic (exact) mass is 352 g/mol. The molecule has 0 aliphatic heterocycles. The first-order valence-electron chi connectivity index (χ1n) is 6.26. The van der Waals surface area contributed by atoms with Crippen molar-refractivity contribution in [3.63, 3.8) is 0 Å². The number of aromatic amines is 1. The molecule has 2 rings (SSSR count). The molecule has 0 saturated carbocycles. The smallest absolute Gasteiger partial charge is 0.335 e. The van der Waals surface area contributed by atoms with Gasteiger partial charge in [-0.1, -0.05) is 28.9 Å². The molecular formula is C14H13BrN2O4. The van der Waals surface area contributed by atoms with Crippen molar-refractivity contribution in [2.24, 2.45) is 0 Å². The number of halogens is 1. The Bertz CT molecular complexity index is 807. The van der Waals surface area contributed by atoms with Crippen molar-refractivity contribution >= 4 is 21.9 Å². The summed E-state index contributed by atoms with van der Waals surface area (Å²) in [4.78, 5) is 36.5. The second-order valence-corrected chi connectivity index (χ2v) is 5.36. The number of nitrogens with one attached hydrogen (secondary N) is 1. The molecule has 0 atom stereocenters. The molecule has 1 heterocycles. The first-order chi connectivity index (χ1) is 9.92. The number of rotatable bonds is 4. The van der Waals surface area contributed by atoms with E-state index in [1.807, 2.05) is 6.92 Å². The van der Waals surface area contributed by atoms with Crippen molar-refractivity contribution in [3.05, 3.63) is 66.4 Å². The quantitative estimate of drug-likeness (QED) is 0.874. The van der Waals surface area contributed by atoms with Crippen LogP contribution in [0.1, 0.15) is 28.4 Å². The van der Waals surface area contributed by atoms with E-state index in [1.54, 1.807) is 6.07 Å². The second-order valence-electron chi connectivity index (χ2n) is 4.51. The van der Waals surface area contributed by atoms with Gasteiger partial charge in [0.15, 0.2) is 0 Å². The first-order valence-corrected chi connectivity index (χ1v) is 7.06. The van der Waals surface area contributed by atoms with Crippen molar-refractivity contribution in [1.82, 2.24) is 9.55 Å². The van der Waals surface area contributed by atoms with Crippen LogP contribution in [0.2, 0.25) is 0 Å². The van der Waals surface area contributed by atoms with Gasteiger partial charge in [0.1, 0.15) is 0 Å². The van der Waals surface area contributed by atoms with Gasteiger partial charge in [-0.3, -0.25) is 14.3 Å². The van der Waals surface area contributed by atoms with Crippen molar-refractivity contribution in [2.75, 3.05) is 0 Å². The zero-order valence-corrected chi connectivity index (χ0v) is 12.8. The van der Waals surface area contributed by atoms with Crippen LogP contribution in [0.3, 0.4) is 0 Å². The predicted octanol–water partition coefficient (Wildman–Crippen LogP) is 1.61. The number of aryl methyl sites for hydroxylation is 1. The number of aromatic carboxylic acids is 1. The average molecular weight is 353 g/mol. The molecule has 7 heteroatoms. The Morgan fingerprint density at radius 2 is 2.05 bits per heavy atom. The topological polar surface area (TPSA) is 92.2 Å². The van der Waals surface area contributed by atoms with E-state index in [2.05, 4.69) is 20.9 Å². The molecule has 0 saturated heterocycles. The van der Waals surface area contributed by atoms with Crippen LogP contribution in [0.25, 0.3) is 0 Å². The van der Waals surface area contributed by atoms with Crippen molar-refractivity contribution in [1.29, 1.82) is 0 Å². The summed E-state index contributed by atoms with van der Waals surface area (Å²) >= 11 is 3.30. The van der Waals surface area contributed by atoms with Crippen LogP contribution in [0.15, 0.2) is 38.5 Å². The minimum absolute atomic E-state index is 0.161. The third kappa shape index (κ3) is 3.30. The summed E-state index contributed by atoms with van der Waals surface area (Å²) in [6, 6.07) is 4.59. The minimum Gasteiger partial charge on any atom is -0.478 e. The fourth-order valence-corrected chi connectivity index (χ4v) is 2.42. The number of nitrogens with zero attached hydrogens (tertiary/aromatic N) is 1. The first kappa shape index (κ1) is 15.2. The van der Waals surface area contributed by atoms with Gasteiger partial charge in [0.25, 0.3) is 5.56 Å². The molecule has 1 aromatic heterocycles. The fourth-order valence-electron chi connectivity index (χ4n) is 1.92. The van der Waals surface area contributed by atoms with Crippen LogP contribution >= 0.6 is 15.9 Å². The van der Waals surface area contributed by atoms with E-state index < -0.39 is 11.7 Å². The van der Waals surface area contributed by atoms with Gasteiger partial charge in [-0.2, -0.15) is 0 Å². The van der Waals surface area contributed by atoms with E-state index >= 15 is 0 Å². The van der Waals surface area contributed by atoms with Crippen LogP contribution < -0.4 is 11.2 Å². The molecule has 0 aliphatic rings. The number of carboxylic acid groups (broad SMARTS) is 1. The molecule has 0 amide bonds. The van der Waals surface area contributed by atoms with E-state index in [1.165, 1.54) is 22.9 Å². The van der Waals surface area contributed by atoms with E-state index in [0.29, 0.717) is 16.5 Å². The molecule has 0 spiro atoms. The molecule has 0 radical (unpaired) electrons. The zero-order valence-electron chi connectivity index (χ0n) is 11.2. The van der Waals surface area contributed by atoms with Gasteiger partial charge >= 0.3 is 11.7 Å². The maximum atomic E-state index is 11.8. The lowest BCUT2D eigenvalue weighted by molar-refractivity contribution is 0.0697. The van der Waals surface area contributed by atoms with E-state index in [4.69, 9.17) is 5.11 Å². The minimum atomic E-state index is -1.02. The Labute approximate surface area is 128 Å². The highest BCUT2D eigenvalue weighted by Crippen LogP contribution is 2.19. The lowest BCUT2D eigenvalue weighted by Crippen LogP contribution is -2.31. The molecule has 110 valence electrons. The molecule has 2 aromatic rings. The molecule has 0 aliphatic carbocycles. The SMILES string of the molecule is CCc1cn(Cc2ccc(C(=O)O)cc2Br)c(=O)[nH]c1=O. The molecule has 21 heavy (non-hydrogen) atoms. The van der Waals surface area contributed by atoms with E-state index in [-0.39, 0.29) is 17.7 Å². The Kier molecular flexibility index (Phi) is 4.42. The summed E-state index contributed by atoms with van der Waals surface area (Å²) in [5, 5.41) is 8.92. The highest BCUT2D eigenvalue weighted by molar-refractivity contribution is 9.10. The molecule has 6 nitrogen and oxygen atoms in total. The molecule has 0 fully saturated rings. The summed E-state index contributed by atoms with van der Waals surface area (Å²) in [6.07, 6.45) is 2.05. The molecular weight excluding hydrogens is 340 g/mol. The lowest BCUT2D eigenvalue weighted by atomic mass is 10.1. The normalized spacial score (nSPS) is 10.6. The third-order valence-corrected chi connectivity index (χ3v) is 3.84. The largest absolute Gasteiger partial charge is 0.478 e. The number of hydrogen-bond acceptors (Lipinski definition) is 3. The molecule has 2 N–H and O–H groups in total. The van der Waals surface area contributed by atoms with Crippen LogP contribution in [0.4, 0.5) is 0 Å². The van der Waals surface area contributed by atoms with Gasteiger partial charge in [0.05, 0.1) is 12.1 Å². The summed E-state index contributed by atoms with van der Waals surface area (Å²) in [6.45, 7) is 2.07. The fraction of sp³-hybridized carbons (Fsp3) is 0.214. The molecule has 1 aromatic carbocycles. The number of H-pyrrole nitrogens is 1. The Morgan fingerprint density at radius 3 is 2.62 bits per heavy atom. The van der Waals surface area contributed by atoms with Crippen LogP contribution in [-0.2, 0) is 13.0 Å². The number of benzene rings is 1. The Hall–Kier alpha value is -2.15. The van der Waals surface area contributed by atoms with Crippen molar-refractivity contribution in [3.8, 4) is 0 Å². The number of carbonyl (C=O) groups is 1. The van der Waals surface area contributed by atoms with Crippen LogP contribution in [-0.4, -0.2) is 20.6 Å². The van der Waals surface area contributed by atoms with E-state index in [9.17, 15) is 14.4 Å². The van der Waals surface area contributed by atoms with Crippen LogP contribution in [0.5, 0.6) is 0 Å². The third-order valence-electron chi connectivity index (χ3n) is 3.11. The Morgan fingerprint density at radius 1 is 1.33 bits per heavy atom. The maximum absolute atomic E-state index is 11.8. The highest BCUT2D eigenvalue weighted by atomic mass is 79.9. The van der Waals surface area contributed by atoms with Gasteiger partial charge in [-0.15, -0.1) is 0 Å². The summed E-state index contributed by atoms with van der Waals surface area (Å²) in [7, 11) is 0. The number of carboxylic acids is 1. The average Bonchev–Trinajstić information content (AvgIpc) is 2.43. The maximum Gasteiger partial charge on any atom is 0.335 e. The zero-order chi connectivity index (χ0) is 15.6. The standard InChI is InChI=1S/C14H13BrN2O4/c1-2-8-6-17(14(21)16-12(8)18)7-10-4-3-9(13(19)20)5-11(10)15/h3-6H,2,7H2,1H3,(H,19,20)(H,16,18,21). The Balaban J connectivity index is 2.41. The van der Waals surface area contributed by atoms with Gasteiger partial charge in [-0.05, 0) is 24.1 Å². The van der Waals surface area contributed by atoms with E-state index in [0.717, 1.165) is 5.56 Å². The van der Waals surface area contributed by atoms with Gasteiger partial charge in [-0.25, -0.2) is 9.59 Å².